The fourth-order valence-electron chi connectivity index (χ4n) is 2.60. The molecule has 1 aromatic carbocycles. The number of carbonyl (C=O) groups excluding carboxylic acids is 1. The van der Waals surface area contributed by atoms with Gasteiger partial charge in [0.15, 0.2) is 0 Å². The van der Waals surface area contributed by atoms with E-state index in [0.717, 1.165) is 5.56 Å². The number of nitrogens with one attached hydrogen (secondary N) is 1. The molecule has 2 rings (SSSR count). The SMILES string of the molecule is CN(Cc1cccc(Cl)c1)C(=O)N[C@H]1CC[C@@H](C(=O)O)C1. The van der Waals surface area contributed by atoms with Crippen LogP contribution in [0.15, 0.2) is 24.3 Å². The standard InChI is InChI=1S/C15H19ClN2O3/c1-18(9-10-3-2-4-12(16)7-10)15(21)17-13-6-5-11(8-13)14(19)20/h2-4,7,11,13H,5-6,8-9H2,1H3,(H,17,21)(H,19,20)/t11-,13+/m1/s1. The van der Waals surface area contributed by atoms with Crippen molar-refractivity contribution < 1.29 is 14.7 Å². The van der Waals surface area contributed by atoms with E-state index in [1.807, 2.05) is 18.2 Å². The Kier molecular flexibility index (Phi) is 5.07. The van der Waals surface area contributed by atoms with Gasteiger partial charge in [-0.3, -0.25) is 4.79 Å². The molecule has 1 fully saturated rings. The summed E-state index contributed by atoms with van der Waals surface area (Å²) < 4.78 is 0. The van der Waals surface area contributed by atoms with E-state index in [9.17, 15) is 9.59 Å². The zero-order chi connectivity index (χ0) is 15.4. The van der Waals surface area contributed by atoms with Crippen molar-refractivity contribution >= 4 is 23.6 Å². The lowest BCUT2D eigenvalue weighted by atomic mass is 10.1. The van der Waals surface area contributed by atoms with Crippen LogP contribution in [0.1, 0.15) is 24.8 Å². The predicted molar refractivity (Wildman–Crippen MR) is 80.2 cm³/mol. The quantitative estimate of drug-likeness (QED) is 0.898. The first-order valence-electron chi connectivity index (χ1n) is 6.94. The summed E-state index contributed by atoms with van der Waals surface area (Å²) in [6, 6.07) is 7.12. The number of urea groups is 1. The summed E-state index contributed by atoms with van der Waals surface area (Å²) in [7, 11) is 1.71. The van der Waals surface area contributed by atoms with Crippen LogP contribution >= 0.6 is 11.6 Å². The Morgan fingerprint density at radius 3 is 2.81 bits per heavy atom. The van der Waals surface area contributed by atoms with Crippen molar-refractivity contribution in [3.63, 3.8) is 0 Å². The molecule has 2 N–H and O–H groups in total. The van der Waals surface area contributed by atoms with Gasteiger partial charge in [-0.15, -0.1) is 0 Å². The molecule has 0 unspecified atom stereocenters. The number of hydrogen-bond donors (Lipinski definition) is 2. The number of aliphatic carboxylic acids is 1. The van der Waals surface area contributed by atoms with E-state index in [0.29, 0.717) is 30.8 Å². The van der Waals surface area contributed by atoms with Crippen molar-refractivity contribution in [1.82, 2.24) is 10.2 Å². The van der Waals surface area contributed by atoms with Crippen LogP contribution in [-0.2, 0) is 11.3 Å². The molecule has 2 amide bonds. The summed E-state index contributed by atoms with van der Waals surface area (Å²) in [5, 5.41) is 12.5. The summed E-state index contributed by atoms with van der Waals surface area (Å²) in [6.07, 6.45) is 1.85. The van der Waals surface area contributed by atoms with E-state index < -0.39 is 5.97 Å². The zero-order valence-corrected chi connectivity index (χ0v) is 12.6. The van der Waals surface area contributed by atoms with Crippen LogP contribution in [0.2, 0.25) is 5.02 Å². The van der Waals surface area contributed by atoms with Crippen LogP contribution in [0, 0.1) is 5.92 Å². The van der Waals surface area contributed by atoms with Crippen molar-refractivity contribution in [2.24, 2.45) is 5.92 Å². The number of amides is 2. The van der Waals surface area contributed by atoms with Gasteiger partial charge in [-0.25, -0.2) is 4.79 Å². The smallest absolute Gasteiger partial charge is 0.317 e. The molecule has 114 valence electrons. The summed E-state index contributed by atoms with van der Waals surface area (Å²) in [5.41, 5.74) is 0.954. The van der Waals surface area contributed by atoms with Crippen molar-refractivity contribution in [2.75, 3.05) is 7.05 Å². The molecule has 5 nitrogen and oxygen atoms in total. The largest absolute Gasteiger partial charge is 0.481 e. The Bertz CT molecular complexity index is 535. The molecule has 2 atom stereocenters. The number of hydrogen-bond acceptors (Lipinski definition) is 2. The van der Waals surface area contributed by atoms with Gasteiger partial charge in [-0.1, -0.05) is 23.7 Å². The minimum atomic E-state index is -0.779. The average molecular weight is 311 g/mol. The first kappa shape index (κ1) is 15.6. The number of halogens is 1. The number of nitrogens with zero attached hydrogens (tertiary/aromatic N) is 1. The Hall–Kier alpha value is -1.75. The molecule has 21 heavy (non-hydrogen) atoms. The van der Waals surface area contributed by atoms with E-state index in [-0.39, 0.29) is 18.0 Å². The van der Waals surface area contributed by atoms with Crippen molar-refractivity contribution in [1.29, 1.82) is 0 Å². The van der Waals surface area contributed by atoms with Gasteiger partial charge in [0.1, 0.15) is 0 Å². The average Bonchev–Trinajstić information content (AvgIpc) is 2.87. The van der Waals surface area contributed by atoms with Crippen LogP contribution < -0.4 is 5.32 Å². The van der Waals surface area contributed by atoms with Crippen molar-refractivity contribution in [3.8, 4) is 0 Å². The van der Waals surface area contributed by atoms with E-state index in [4.69, 9.17) is 16.7 Å². The van der Waals surface area contributed by atoms with E-state index in [1.165, 1.54) is 0 Å². The third-order valence-electron chi connectivity index (χ3n) is 3.76. The highest BCUT2D eigenvalue weighted by Gasteiger charge is 2.30. The second-order valence-electron chi connectivity index (χ2n) is 5.48. The molecule has 0 bridgehead atoms. The van der Waals surface area contributed by atoms with Crippen molar-refractivity contribution in [3.05, 3.63) is 34.9 Å². The van der Waals surface area contributed by atoms with E-state index >= 15 is 0 Å². The van der Waals surface area contributed by atoms with E-state index in [2.05, 4.69) is 5.32 Å². The molecular weight excluding hydrogens is 292 g/mol. The fraction of sp³-hybridized carbons (Fsp3) is 0.467. The van der Waals surface area contributed by atoms with Gasteiger partial charge in [-0.2, -0.15) is 0 Å². The van der Waals surface area contributed by atoms with Crippen LogP contribution in [-0.4, -0.2) is 35.1 Å². The Labute approximate surface area is 128 Å². The first-order chi connectivity index (χ1) is 9.95. The molecule has 0 aliphatic heterocycles. The lowest BCUT2D eigenvalue weighted by Gasteiger charge is -2.21. The lowest BCUT2D eigenvalue weighted by molar-refractivity contribution is -0.141. The topological polar surface area (TPSA) is 69.6 Å². The number of benzene rings is 1. The van der Waals surface area contributed by atoms with Gasteiger partial charge in [0, 0.05) is 24.7 Å². The fourth-order valence-corrected chi connectivity index (χ4v) is 2.82. The molecule has 0 spiro atoms. The minimum Gasteiger partial charge on any atom is -0.481 e. The monoisotopic (exact) mass is 310 g/mol. The normalized spacial score (nSPS) is 21.0. The van der Waals surface area contributed by atoms with Gasteiger partial charge < -0.3 is 15.3 Å². The summed E-state index contributed by atoms with van der Waals surface area (Å²) in [6.45, 7) is 0.460. The van der Waals surface area contributed by atoms with Gasteiger partial charge in [0.2, 0.25) is 0 Å². The highest BCUT2D eigenvalue weighted by atomic mass is 35.5. The zero-order valence-electron chi connectivity index (χ0n) is 11.9. The van der Waals surface area contributed by atoms with Crippen LogP contribution in [0.4, 0.5) is 4.79 Å². The van der Waals surface area contributed by atoms with Gasteiger partial charge in [-0.05, 0) is 37.0 Å². The van der Waals surface area contributed by atoms with Gasteiger partial charge in [0.05, 0.1) is 5.92 Å². The third-order valence-corrected chi connectivity index (χ3v) is 4.00. The van der Waals surface area contributed by atoms with Crippen molar-refractivity contribution in [2.45, 2.75) is 31.8 Å². The molecular formula is C15H19ClN2O3. The minimum absolute atomic E-state index is 0.0552. The van der Waals surface area contributed by atoms with Gasteiger partial charge in [0.25, 0.3) is 0 Å². The maximum Gasteiger partial charge on any atom is 0.317 e. The second-order valence-corrected chi connectivity index (χ2v) is 5.92. The molecule has 0 heterocycles. The highest BCUT2D eigenvalue weighted by molar-refractivity contribution is 6.30. The van der Waals surface area contributed by atoms with Crippen LogP contribution in [0.25, 0.3) is 0 Å². The molecule has 1 aliphatic carbocycles. The Morgan fingerprint density at radius 1 is 1.43 bits per heavy atom. The second kappa shape index (κ2) is 6.80. The molecule has 1 aliphatic rings. The lowest BCUT2D eigenvalue weighted by Crippen LogP contribution is -2.42. The molecule has 0 radical (unpaired) electrons. The summed E-state index contributed by atoms with van der Waals surface area (Å²) >= 11 is 5.92. The van der Waals surface area contributed by atoms with Crippen LogP contribution in [0.3, 0.4) is 0 Å². The molecule has 0 aromatic heterocycles. The highest BCUT2D eigenvalue weighted by Crippen LogP contribution is 2.25. The molecule has 1 aromatic rings. The third kappa shape index (κ3) is 4.36. The van der Waals surface area contributed by atoms with Crippen LogP contribution in [0.5, 0.6) is 0 Å². The number of carbonyl (C=O) groups is 2. The summed E-state index contributed by atoms with van der Waals surface area (Å²) in [4.78, 5) is 24.6. The molecule has 6 heteroatoms. The molecule has 1 saturated carbocycles. The maximum atomic E-state index is 12.1. The predicted octanol–water partition coefficient (Wildman–Crippen LogP) is 2.73. The number of carboxylic acids is 1. The number of rotatable bonds is 4. The van der Waals surface area contributed by atoms with E-state index in [1.54, 1.807) is 18.0 Å². The first-order valence-corrected chi connectivity index (χ1v) is 7.32. The molecule has 0 saturated heterocycles. The number of carboxylic acid groups (broad SMARTS) is 1. The summed E-state index contributed by atoms with van der Waals surface area (Å²) in [5.74, 6) is -1.12. The Morgan fingerprint density at radius 2 is 2.19 bits per heavy atom. The van der Waals surface area contributed by atoms with Gasteiger partial charge >= 0.3 is 12.0 Å². The Balaban J connectivity index is 1.84. The maximum absolute atomic E-state index is 12.1.